The SMILES string of the molecule is CC(C)(C)O[Si]Cl. The molecule has 1 nitrogen and oxygen atoms in total. The summed E-state index contributed by atoms with van der Waals surface area (Å²) >= 11 is 5.29. The molecule has 0 aliphatic carbocycles. The maximum Gasteiger partial charge on any atom is 0.357 e. The van der Waals surface area contributed by atoms with Gasteiger partial charge in [0.25, 0.3) is 0 Å². The molecule has 0 aliphatic rings. The van der Waals surface area contributed by atoms with Crippen LogP contribution in [0.4, 0.5) is 0 Å². The van der Waals surface area contributed by atoms with Gasteiger partial charge in [0, 0.05) is 5.60 Å². The maximum absolute atomic E-state index is 5.29. The van der Waals surface area contributed by atoms with Crippen molar-refractivity contribution in [3.05, 3.63) is 0 Å². The van der Waals surface area contributed by atoms with Gasteiger partial charge < -0.3 is 4.43 Å². The Labute approximate surface area is 51.7 Å². The summed E-state index contributed by atoms with van der Waals surface area (Å²) in [6, 6.07) is 0. The average molecular weight is 137 g/mol. The minimum Gasteiger partial charge on any atom is -0.398 e. The van der Waals surface area contributed by atoms with Gasteiger partial charge in [-0.1, -0.05) is 0 Å². The van der Waals surface area contributed by atoms with E-state index in [0.717, 1.165) is 0 Å². The van der Waals surface area contributed by atoms with Crippen molar-refractivity contribution in [3.63, 3.8) is 0 Å². The second-order valence-corrected chi connectivity index (χ2v) is 3.11. The van der Waals surface area contributed by atoms with Crippen molar-refractivity contribution in [2.24, 2.45) is 0 Å². The summed E-state index contributed by atoms with van der Waals surface area (Å²) in [6.07, 6.45) is 0. The van der Waals surface area contributed by atoms with E-state index in [1.807, 2.05) is 20.8 Å². The van der Waals surface area contributed by atoms with Gasteiger partial charge in [-0.25, -0.2) is 0 Å². The Morgan fingerprint density at radius 1 is 1.43 bits per heavy atom. The lowest BCUT2D eigenvalue weighted by Gasteiger charge is -2.16. The zero-order chi connectivity index (χ0) is 5.91. The highest BCUT2D eigenvalue weighted by Gasteiger charge is 2.07. The smallest absolute Gasteiger partial charge is 0.357 e. The van der Waals surface area contributed by atoms with Crippen LogP contribution < -0.4 is 0 Å². The van der Waals surface area contributed by atoms with Crippen molar-refractivity contribution in [2.45, 2.75) is 26.4 Å². The molecule has 0 saturated heterocycles. The van der Waals surface area contributed by atoms with Crippen molar-refractivity contribution in [2.75, 3.05) is 0 Å². The number of halogens is 1. The molecule has 0 heterocycles. The zero-order valence-electron chi connectivity index (χ0n) is 4.79. The molecule has 0 bridgehead atoms. The van der Waals surface area contributed by atoms with Gasteiger partial charge in [0.05, 0.1) is 0 Å². The molecular formula is C4H9ClOSi. The molecular weight excluding hydrogens is 128 g/mol. The first-order chi connectivity index (χ1) is 3.06. The Morgan fingerprint density at radius 2 is 1.86 bits per heavy atom. The number of hydrogen-bond acceptors (Lipinski definition) is 1. The fraction of sp³-hybridized carbons (Fsp3) is 1.00. The van der Waals surface area contributed by atoms with Crippen LogP contribution >= 0.6 is 11.1 Å². The number of hydrogen-bond donors (Lipinski definition) is 0. The maximum atomic E-state index is 5.29. The summed E-state index contributed by atoms with van der Waals surface area (Å²) in [5.74, 6) is 0. The lowest BCUT2D eigenvalue weighted by molar-refractivity contribution is 0.144. The fourth-order valence-corrected chi connectivity index (χ4v) is 1.04. The molecule has 0 unspecified atom stereocenters. The van der Waals surface area contributed by atoms with Gasteiger partial charge in [0.15, 0.2) is 0 Å². The van der Waals surface area contributed by atoms with Gasteiger partial charge in [-0.2, -0.15) is 0 Å². The van der Waals surface area contributed by atoms with Crippen molar-refractivity contribution in [1.82, 2.24) is 0 Å². The fourth-order valence-electron chi connectivity index (χ4n) is 0.116. The summed E-state index contributed by atoms with van der Waals surface area (Å²) in [6.45, 7) is 5.92. The third-order valence-electron chi connectivity index (χ3n) is 0.345. The van der Waals surface area contributed by atoms with Crippen LogP contribution in [0.3, 0.4) is 0 Å². The second-order valence-electron chi connectivity index (χ2n) is 2.29. The third kappa shape index (κ3) is 6.47. The lowest BCUT2D eigenvalue weighted by Crippen LogP contribution is -2.19. The summed E-state index contributed by atoms with van der Waals surface area (Å²) in [7, 11) is 0.0814. The normalized spacial score (nSPS) is 12.0. The van der Waals surface area contributed by atoms with Gasteiger partial charge in [-0.15, -0.1) is 11.1 Å². The Balaban J connectivity index is 3.15. The largest absolute Gasteiger partial charge is 0.398 e. The highest BCUT2D eigenvalue weighted by atomic mass is 35.6. The van der Waals surface area contributed by atoms with Crippen molar-refractivity contribution < 1.29 is 4.43 Å². The predicted octanol–water partition coefficient (Wildman–Crippen LogP) is 1.57. The molecule has 0 aromatic carbocycles. The first kappa shape index (κ1) is 7.47. The molecule has 0 aromatic heterocycles. The van der Waals surface area contributed by atoms with Gasteiger partial charge in [-0.3, -0.25) is 0 Å². The molecule has 0 fully saturated rings. The van der Waals surface area contributed by atoms with Crippen LogP contribution in [0.2, 0.25) is 0 Å². The Kier molecular flexibility index (Phi) is 2.88. The highest BCUT2D eigenvalue weighted by molar-refractivity contribution is 6.90. The van der Waals surface area contributed by atoms with E-state index < -0.39 is 0 Å². The molecule has 0 N–H and O–H groups in total. The second kappa shape index (κ2) is 2.70. The van der Waals surface area contributed by atoms with E-state index in [1.54, 1.807) is 0 Å². The van der Waals surface area contributed by atoms with Gasteiger partial charge >= 0.3 is 9.07 Å². The topological polar surface area (TPSA) is 9.23 Å². The quantitative estimate of drug-likeness (QED) is 0.393. The van der Waals surface area contributed by atoms with E-state index >= 15 is 0 Å². The van der Waals surface area contributed by atoms with Crippen LogP contribution in [-0.2, 0) is 4.43 Å². The summed E-state index contributed by atoms with van der Waals surface area (Å²) in [5, 5.41) is 0. The lowest BCUT2D eigenvalue weighted by atomic mass is 10.2. The molecule has 3 heteroatoms. The molecule has 0 spiro atoms. The van der Waals surface area contributed by atoms with Crippen molar-refractivity contribution >= 4 is 20.2 Å². The summed E-state index contributed by atoms with van der Waals surface area (Å²) in [5.41, 5.74) is -0.0693. The standard InChI is InChI=1S/C4H9ClOSi/c1-4(2,3)6-7-5/h1-3H3. The van der Waals surface area contributed by atoms with Crippen LogP contribution in [0.15, 0.2) is 0 Å². The monoisotopic (exact) mass is 136 g/mol. The first-order valence-electron chi connectivity index (χ1n) is 2.10. The minimum atomic E-state index is -0.0693. The van der Waals surface area contributed by atoms with Crippen LogP contribution in [-0.4, -0.2) is 14.7 Å². The molecule has 0 atom stereocenters. The molecule has 42 valence electrons. The van der Waals surface area contributed by atoms with Crippen molar-refractivity contribution in [1.29, 1.82) is 0 Å². The third-order valence-corrected chi connectivity index (χ3v) is 1.27. The molecule has 0 amide bonds. The van der Waals surface area contributed by atoms with Gasteiger partial charge in [-0.05, 0) is 20.8 Å². The van der Waals surface area contributed by atoms with Crippen LogP contribution in [0.1, 0.15) is 20.8 Å². The van der Waals surface area contributed by atoms with Gasteiger partial charge in [0.2, 0.25) is 0 Å². The van der Waals surface area contributed by atoms with E-state index in [0.29, 0.717) is 0 Å². The highest BCUT2D eigenvalue weighted by Crippen LogP contribution is 2.04. The Bertz CT molecular complexity index is 50.1. The summed E-state index contributed by atoms with van der Waals surface area (Å²) in [4.78, 5) is 0. The summed E-state index contributed by atoms with van der Waals surface area (Å²) < 4.78 is 5.02. The first-order valence-corrected chi connectivity index (χ1v) is 4.02. The van der Waals surface area contributed by atoms with E-state index in [4.69, 9.17) is 15.5 Å². The number of rotatable bonds is 1. The predicted molar refractivity (Wildman–Crippen MR) is 32.4 cm³/mol. The molecule has 0 saturated carbocycles. The Hall–Kier alpha value is 0.467. The van der Waals surface area contributed by atoms with Crippen LogP contribution in [0, 0.1) is 0 Å². The van der Waals surface area contributed by atoms with Crippen LogP contribution in [0.25, 0.3) is 0 Å². The van der Waals surface area contributed by atoms with Gasteiger partial charge in [0.1, 0.15) is 0 Å². The molecule has 2 radical (unpaired) electrons. The van der Waals surface area contributed by atoms with E-state index in [-0.39, 0.29) is 14.7 Å². The average Bonchev–Trinajstić information content (AvgIpc) is 1.30. The zero-order valence-corrected chi connectivity index (χ0v) is 6.54. The minimum absolute atomic E-state index is 0.0693. The molecule has 0 aliphatic heterocycles. The molecule has 7 heavy (non-hydrogen) atoms. The molecule has 0 aromatic rings. The van der Waals surface area contributed by atoms with Crippen LogP contribution in [0.5, 0.6) is 0 Å². The molecule has 0 rings (SSSR count). The Morgan fingerprint density at radius 3 is 1.86 bits per heavy atom. The van der Waals surface area contributed by atoms with E-state index in [2.05, 4.69) is 0 Å². The van der Waals surface area contributed by atoms with Crippen molar-refractivity contribution in [3.8, 4) is 0 Å². The van der Waals surface area contributed by atoms with E-state index in [9.17, 15) is 0 Å². The van der Waals surface area contributed by atoms with E-state index in [1.165, 1.54) is 0 Å².